The van der Waals surface area contributed by atoms with Crippen LogP contribution in [0, 0.1) is 0 Å². The Bertz CT molecular complexity index is 144. The second kappa shape index (κ2) is 9.31. The van der Waals surface area contributed by atoms with E-state index in [4.69, 9.17) is 4.74 Å². The monoisotopic (exact) mass is 267 g/mol. The van der Waals surface area contributed by atoms with E-state index in [0.29, 0.717) is 6.54 Å². The SMILES string of the molecule is CC.CC(C)(C)OC(=O)NCCCBr. The molecule has 3 nitrogen and oxygen atoms in total. The maximum absolute atomic E-state index is 11.0. The summed E-state index contributed by atoms with van der Waals surface area (Å²) in [6, 6.07) is 0. The van der Waals surface area contributed by atoms with Gasteiger partial charge in [0.1, 0.15) is 5.60 Å². The van der Waals surface area contributed by atoms with E-state index in [-0.39, 0.29) is 6.09 Å². The van der Waals surface area contributed by atoms with Gasteiger partial charge in [0.25, 0.3) is 0 Å². The van der Waals surface area contributed by atoms with Gasteiger partial charge in [0.15, 0.2) is 0 Å². The molecule has 0 aliphatic rings. The first-order chi connectivity index (χ1) is 6.45. The zero-order chi connectivity index (χ0) is 11.6. The summed E-state index contributed by atoms with van der Waals surface area (Å²) in [5, 5.41) is 3.54. The van der Waals surface area contributed by atoms with E-state index in [1.54, 1.807) is 0 Å². The van der Waals surface area contributed by atoms with Crippen molar-refractivity contribution in [1.82, 2.24) is 5.32 Å². The van der Waals surface area contributed by atoms with Crippen LogP contribution in [0.1, 0.15) is 41.0 Å². The highest BCUT2D eigenvalue weighted by Gasteiger charge is 2.14. The van der Waals surface area contributed by atoms with Gasteiger partial charge in [0, 0.05) is 11.9 Å². The molecular formula is C10H22BrNO2. The molecule has 0 saturated carbocycles. The standard InChI is InChI=1S/C8H16BrNO2.C2H6/c1-8(2,3)12-7(11)10-6-4-5-9;1-2/h4-6H2,1-3H3,(H,10,11);1-2H3. The summed E-state index contributed by atoms with van der Waals surface area (Å²) in [5.41, 5.74) is -0.404. The van der Waals surface area contributed by atoms with E-state index in [1.807, 2.05) is 34.6 Å². The van der Waals surface area contributed by atoms with Crippen LogP contribution in [0.2, 0.25) is 0 Å². The van der Waals surface area contributed by atoms with Crippen LogP contribution in [0.25, 0.3) is 0 Å². The maximum atomic E-state index is 11.0. The van der Waals surface area contributed by atoms with Crippen molar-refractivity contribution < 1.29 is 9.53 Å². The molecule has 0 aromatic carbocycles. The second-order valence-electron chi connectivity index (χ2n) is 3.47. The topological polar surface area (TPSA) is 38.3 Å². The first-order valence-corrected chi connectivity index (χ1v) is 6.10. The number of hydrogen-bond donors (Lipinski definition) is 1. The molecule has 0 saturated heterocycles. The van der Waals surface area contributed by atoms with Gasteiger partial charge in [-0.25, -0.2) is 4.79 Å². The van der Waals surface area contributed by atoms with Gasteiger partial charge < -0.3 is 10.1 Å². The number of amides is 1. The molecule has 14 heavy (non-hydrogen) atoms. The minimum absolute atomic E-state index is 0.344. The molecule has 0 spiro atoms. The third kappa shape index (κ3) is 14.3. The van der Waals surface area contributed by atoms with Gasteiger partial charge in [-0.2, -0.15) is 0 Å². The smallest absolute Gasteiger partial charge is 0.407 e. The van der Waals surface area contributed by atoms with Crippen molar-refractivity contribution in [1.29, 1.82) is 0 Å². The van der Waals surface area contributed by atoms with Gasteiger partial charge in [-0.3, -0.25) is 0 Å². The number of nitrogens with one attached hydrogen (secondary N) is 1. The van der Waals surface area contributed by atoms with Crippen molar-refractivity contribution in [2.24, 2.45) is 0 Å². The third-order valence-electron chi connectivity index (χ3n) is 0.979. The minimum Gasteiger partial charge on any atom is -0.444 e. The average molecular weight is 268 g/mol. The Hall–Kier alpha value is -0.250. The van der Waals surface area contributed by atoms with Crippen molar-refractivity contribution in [3.8, 4) is 0 Å². The predicted octanol–water partition coefficient (Wildman–Crippen LogP) is 3.32. The molecule has 0 bridgehead atoms. The molecule has 0 radical (unpaired) electrons. The lowest BCUT2D eigenvalue weighted by atomic mass is 10.2. The Labute approximate surface area is 95.7 Å². The lowest BCUT2D eigenvalue weighted by Gasteiger charge is -2.19. The molecule has 1 N–H and O–H groups in total. The molecular weight excluding hydrogens is 246 g/mol. The van der Waals surface area contributed by atoms with Crippen LogP contribution < -0.4 is 5.32 Å². The van der Waals surface area contributed by atoms with Gasteiger partial charge in [-0.15, -0.1) is 0 Å². The van der Waals surface area contributed by atoms with E-state index in [2.05, 4.69) is 21.2 Å². The van der Waals surface area contributed by atoms with Crippen molar-refractivity contribution in [2.75, 3.05) is 11.9 Å². The highest BCUT2D eigenvalue weighted by molar-refractivity contribution is 9.09. The number of ether oxygens (including phenoxy) is 1. The number of halogens is 1. The summed E-state index contributed by atoms with van der Waals surface area (Å²) in [6.45, 7) is 10.2. The number of carbonyl (C=O) groups is 1. The van der Waals surface area contributed by atoms with Crippen LogP contribution in [0.4, 0.5) is 4.79 Å². The quantitative estimate of drug-likeness (QED) is 0.630. The van der Waals surface area contributed by atoms with Crippen LogP contribution in [-0.4, -0.2) is 23.6 Å². The van der Waals surface area contributed by atoms with Crippen LogP contribution >= 0.6 is 15.9 Å². The van der Waals surface area contributed by atoms with Crippen molar-refractivity contribution in [3.63, 3.8) is 0 Å². The molecule has 4 heteroatoms. The molecule has 1 amide bonds. The fourth-order valence-electron chi connectivity index (χ4n) is 0.571. The normalized spacial score (nSPS) is 9.86. The summed E-state index contributed by atoms with van der Waals surface area (Å²) in [7, 11) is 0. The largest absolute Gasteiger partial charge is 0.444 e. The van der Waals surface area contributed by atoms with Crippen LogP contribution in [0.5, 0.6) is 0 Å². The zero-order valence-corrected chi connectivity index (χ0v) is 11.4. The molecule has 0 aliphatic heterocycles. The second-order valence-corrected chi connectivity index (χ2v) is 4.26. The summed E-state index contributed by atoms with van der Waals surface area (Å²) in [4.78, 5) is 11.0. The highest BCUT2D eigenvalue weighted by Crippen LogP contribution is 2.06. The molecule has 0 rings (SSSR count). The number of hydrogen-bond acceptors (Lipinski definition) is 2. The Kier molecular flexibility index (Phi) is 10.8. The number of alkyl carbamates (subject to hydrolysis) is 1. The van der Waals surface area contributed by atoms with E-state index in [0.717, 1.165) is 11.8 Å². The van der Waals surface area contributed by atoms with Crippen LogP contribution in [0.3, 0.4) is 0 Å². The van der Waals surface area contributed by atoms with Crippen LogP contribution in [0.15, 0.2) is 0 Å². The maximum Gasteiger partial charge on any atom is 0.407 e. The molecule has 0 atom stereocenters. The fraction of sp³-hybridized carbons (Fsp3) is 0.900. The lowest BCUT2D eigenvalue weighted by molar-refractivity contribution is 0.0528. The molecule has 0 aliphatic carbocycles. The van der Waals surface area contributed by atoms with Gasteiger partial charge in [-0.05, 0) is 27.2 Å². The molecule has 0 heterocycles. The van der Waals surface area contributed by atoms with Crippen molar-refractivity contribution in [3.05, 3.63) is 0 Å². The molecule has 0 fully saturated rings. The summed E-state index contributed by atoms with van der Waals surface area (Å²) in [6.07, 6.45) is 0.572. The molecule has 0 aromatic heterocycles. The first-order valence-electron chi connectivity index (χ1n) is 4.98. The highest BCUT2D eigenvalue weighted by atomic mass is 79.9. The molecule has 86 valence electrons. The molecule has 0 unspecified atom stereocenters. The summed E-state index contributed by atoms with van der Waals surface area (Å²) >= 11 is 3.27. The van der Waals surface area contributed by atoms with Gasteiger partial charge in [0.2, 0.25) is 0 Å². The minimum atomic E-state index is -0.404. The van der Waals surface area contributed by atoms with E-state index < -0.39 is 5.60 Å². The average Bonchev–Trinajstić information content (AvgIpc) is 2.05. The van der Waals surface area contributed by atoms with E-state index in [1.165, 1.54) is 0 Å². The Morgan fingerprint density at radius 2 is 1.86 bits per heavy atom. The Morgan fingerprint density at radius 3 is 2.21 bits per heavy atom. The zero-order valence-electron chi connectivity index (χ0n) is 9.82. The van der Waals surface area contributed by atoms with Gasteiger partial charge >= 0.3 is 6.09 Å². The van der Waals surface area contributed by atoms with E-state index >= 15 is 0 Å². The Morgan fingerprint density at radius 1 is 1.36 bits per heavy atom. The molecule has 0 aromatic rings. The Balaban J connectivity index is 0. The number of rotatable bonds is 3. The number of alkyl halides is 1. The number of carbonyl (C=O) groups excluding carboxylic acids is 1. The van der Waals surface area contributed by atoms with Gasteiger partial charge in [0.05, 0.1) is 0 Å². The summed E-state index contributed by atoms with van der Waals surface area (Å²) in [5.74, 6) is 0. The lowest BCUT2D eigenvalue weighted by Crippen LogP contribution is -2.33. The van der Waals surface area contributed by atoms with E-state index in [9.17, 15) is 4.79 Å². The summed E-state index contributed by atoms with van der Waals surface area (Å²) < 4.78 is 5.02. The van der Waals surface area contributed by atoms with Crippen molar-refractivity contribution >= 4 is 22.0 Å². The van der Waals surface area contributed by atoms with Gasteiger partial charge in [-0.1, -0.05) is 29.8 Å². The third-order valence-corrected chi connectivity index (χ3v) is 1.54. The first kappa shape index (κ1) is 16.2. The fourth-order valence-corrected chi connectivity index (χ4v) is 0.852. The van der Waals surface area contributed by atoms with Crippen molar-refractivity contribution in [2.45, 2.75) is 46.6 Å². The predicted molar refractivity (Wildman–Crippen MR) is 64.0 cm³/mol. The van der Waals surface area contributed by atoms with Crippen LogP contribution in [-0.2, 0) is 4.74 Å².